The van der Waals surface area contributed by atoms with Crippen molar-refractivity contribution in [1.82, 2.24) is 15.3 Å². The number of nitrogens with one attached hydrogen (secondary N) is 1. The van der Waals surface area contributed by atoms with Crippen LogP contribution in [0.15, 0.2) is 12.5 Å². The summed E-state index contributed by atoms with van der Waals surface area (Å²) in [6.07, 6.45) is 5.71. The summed E-state index contributed by atoms with van der Waals surface area (Å²) >= 11 is 2.19. The van der Waals surface area contributed by atoms with E-state index in [1.807, 2.05) is 0 Å². The molecule has 0 bridgehead atoms. The standard InChI is InChI=1S/C9H12IN3O/c10-8-5-12-6-13-9(8)14-7-1-3-11-4-2-7/h5-7,11H,1-4H2. The van der Waals surface area contributed by atoms with Crippen LogP contribution in [0.2, 0.25) is 0 Å². The number of rotatable bonds is 2. The molecular formula is C9H12IN3O. The second-order valence-electron chi connectivity index (χ2n) is 3.24. The summed E-state index contributed by atoms with van der Waals surface area (Å²) in [4.78, 5) is 8.04. The number of ether oxygens (including phenoxy) is 1. The van der Waals surface area contributed by atoms with E-state index in [2.05, 4.69) is 37.9 Å². The van der Waals surface area contributed by atoms with Gasteiger partial charge in [-0.05, 0) is 48.5 Å². The van der Waals surface area contributed by atoms with Crippen molar-refractivity contribution in [2.45, 2.75) is 18.9 Å². The summed E-state index contributed by atoms with van der Waals surface area (Å²) in [5.74, 6) is 0.715. The van der Waals surface area contributed by atoms with Crippen LogP contribution in [0, 0.1) is 3.57 Å². The lowest BCUT2D eigenvalue weighted by Crippen LogP contribution is -2.34. The van der Waals surface area contributed by atoms with Crippen molar-refractivity contribution in [3.05, 3.63) is 16.1 Å². The topological polar surface area (TPSA) is 47.0 Å². The molecule has 0 aliphatic carbocycles. The molecule has 1 aliphatic rings. The molecule has 2 rings (SSSR count). The van der Waals surface area contributed by atoms with Gasteiger partial charge in [0.05, 0.1) is 3.57 Å². The number of nitrogens with zero attached hydrogens (tertiary/aromatic N) is 2. The Morgan fingerprint density at radius 1 is 1.43 bits per heavy atom. The Hall–Kier alpha value is -0.430. The Morgan fingerprint density at radius 2 is 2.21 bits per heavy atom. The molecule has 0 unspecified atom stereocenters. The minimum Gasteiger partial charge on any atom is -0.473 e. The minimum absolute atomic E-state index is 0.305. The molecule has 0 spiro atoms. The molecule has 2 heterocycles. The van der Waals surface area contributed by atoms with Gasteiger partial charge in [0.15, 0.2) is 0 Å². The fourth-order valence-electron chi connectivity index (χ4n) is 1.46. The van der Waals surface area contributed by atoms with E-state index in [4.69, 9.17) is 4.74 Å². The molecule has 4 nitrogen and oxygen atoms in total. The van der Waals surface area contributed by atoms with Crippen molar-refractivity contribution in [1.29, 1.82) is 0 Å². The molecule has 76 valence electrons. The van der Waals surface area contributed by atoms with Crippen LogP contribution in [0.1, 0.15) is 12.8 Å². The Kier molecular flexibility index (Phi) is 3.52. The fraction of sp³-hybridized carbons (Fsp3) is 0.556. The van der Waals surface area contributed by atoms with E-state index in [-0.39, 0.29) is 0 Å². The maximum atomic E-state index is 5.79. The van der Waals surface area contributed by atoms with Crippen LogP contribution < -0.4 is 10.1 Å². The van der Waals surface area contributed by atoms with Crippen LogP contribution in [0.25, 0.3) is 0 Å². The quantitative estimate of drug-likeness (QED) is 0.835. The van der Waals surface area contributed by atoms with Crippen molar-refractivity contribution < 1.29 is 4.74 Å². The highest BCUT2D eigenvalue weighted by molar-refractivity contribution is 14.1. The minimum atomic E-state index is 0.305. The number of piperidine rings is 1. The predicted octanol–water partition coefficient (Wildman–Crippen LogP) is 1.21. The first-order valence-electron chi connectivity index (χ1n) is 4.69. The van der Waals surface area contributed by atoms with E-state index in [9.17, 15) is 0 Å². The highest BCUT2D eigenvalue weighted by Gasteiger charge is 2.16. The van der Waals surface area contributed by atoms with Gasteiger partial charge in [0.2, 0.25) is 5.88 Å². The van der Waals surface area contributed by atoms with E-state index in [1.54, 1.807) is 6.20 Å². The molecule has 0 radical (unpaired) electrons. The number of hydrogen-bond donors (Lipinski definition) is 1. The summed E-state index contributed by atoms with van der Waals surface area (Å²) in [5, 5.41) is 3.30. The second kappa shape index (κ2) is 4.88. The molecule has 1 saturated heterocycles. The average Bonchev–Trinajstić information content (AvgIpc) is 2.23. The normalized spacial score (nSPS) is 18.1. The lowest BCUT2D eigenvalue weighted by molar-refractivity contribution is 0.154. The zero-order valence-electron chi connectivity index (χ0n) is 7.74. The Bertz CT molecular complexity index is 302. The van der Waals surface area contributed by atoms with Crippen LogP contribution in [0.4, 0.5) is 0 Å². The van der Waals surface area contributed by atoms with Crippen molar-refractivity contribution >= 4 is 22.6 Å². The van der Waals surface area contributed by atoms with E-state index in [1.165, 1.54) is 6.33 Å². The predicted molar refractivity (Wildman–Crippen MR) is 61.3 cm³/mol. The third-order valence-corrected chi connectivity index (χ3v) is 2.94. The van der Waals surface area contributed by atoms with Crippen molar-refractivity contribution in [3.63, 3.8) is 0 Å². The molecule has 1 fully saturated rings. The SMILES string of the molecule is Ic1cncnc1OC1CCNCC1. The van der Waals surface area contributed by atoms with Gasteiger partial charge < -0.3 is 10.1 Å². The van der Waals surface area contributed by atoms with Crippen LogP contribution in [0.5, 0.6) is 5.88 Å². The lowest BCUT2D eigenvalue weighted by atomic mass is 10.1. The Labute approximate surface area is 96.6 Å². The molecule has 5 heteroatoms. The molecule has 1 N–H and O–H groups in total. The first-order chi connectivity index (χ1) is 6.86. The molecule has 1 aromatic heterocycles. The zero-order valence-corrected chi connectivity index (χ0v) is 9.90. The number of halogens is 1. The smallest absolute Gasteiger partial charge is 0.230 e. The fourth-order valence-corrected chi connectivity index (χ4v) is 1.89. The highest BCUT2D eigenvalue weighted by Crippen LogP contribution is 2.19. The summed E-state index contributed by atoms with van der Waals surface area (Å²) in [5.41, 5.74) is 0. The monoisotopic (exact) mass is 305 g/mol. The van der Waals surface area contributed by atoms with Crippen molar-refractivity contribution in [2.24, 2.45) is 0 Å². The summed E-state index contributed by atoms with van der Waals surface area (Å²) < 4.78 is 6.76. The zero-order chi connectivity index (χ0) is 9.80. The van der Waals surface area contributed by atoms with Gasteiger partial charge in [0.1, 0.15) is 12.4 Å². The van der Waals surface area contributed by atoms with Gasteiger partial charge in [-0.25, -0.2) is 9.97 Å². The van der Waals surface area contributed by atoms with Crippen LogP contribution in [0.3, 0.4) is 0 Å². The van der Waals surface area contributed by atoms with Crippen LogP contribution >= 0.6 is 22.6 Å². The summed E-state index contributed by atoms with van der Waals surface area (Å²) in [6.45, 7) is 2.07. The molecule has 0 saturated carbocycles. The first kappa shape index (κ1) is 10.1. The number of aromatic nitrogens is 2. The molecule has 0 atom stereocenters. The largest absolute Gasteiger partial charge is 0.473 e. The Morgan fingerprint density at radius 3 is 2.93 bits per heavy atom. The molecule has 0 amide bonds. The van der Waals surface area contributed by atoms with Crippen LogP contribution in [-0.4, -0.2) is 29.2 Å². The van der Waals surface area contributed by atoms with Gasteiger partial charge in [0.25, 0.3) is 0 Å². The third kappa shape index (κ3) is 2.54. The van der Waals surface area contributed by atoms with Gasteiger partial charge in [-0.2, -0.15) is 0 Å². The van der Waals surface area contributed by atoms with Crippen LogP contribution in [-0.2, 0) is 0 Å². The van der Waals surface area contributed by atoms with Gasteiger partial charge in [-0.3, -0.25) is 0 Å². The first-order valence-corrected chi connectivity index (χ1v) is 5.77. The van der Waals surface area contributed by atoms with Crippen molar-refractivity contribution in [2.75, 3.05) is 13.1 Å². The van der Waals surface area contributed by atoms with Gasteiger partial charge in [-0.15, -0.1) is 0 Å². The third-order valence-electron chi connectivity index (χ3n) is 2.20. The summed E-state index contributed by atoms with van der Waals surface area (Å²) in [7, 11) is 0. The maximum Gasteiger partial charge on any atom is 0.230 e. The van der Waals surface area contributed by atoms with E-state index < -0.39 is 0 Å². The number of hydrogen-bond acceptors (Lipinski definition) is 4. The molecule has 1 aromatic rings. The van der Waals surface area contributed by atoms with Gasteiger partial charge in [0, 0.05) is 6.20 Å². The lowest BCUT2D eigenvalue weighted by Gasteiger charge is -2.23. The average molecular weight is 305 g/mol. The summed E-state index contributed by atoms with van der Waals surface area (Å²) in [6, 6.07) is 0. The second-order valence-corrected chi connectivity index (χ2v) is 4.41. The maximum absolute atomic E-state index is 5.79. The molecule has 0 aromatic carbocycles. The van der Waals surface area contributed by atoms with Crippen molar-refractivity contribution in [3.8, 4) is 5.88 Å². The van der Waals surface area contributed by atoms with E-state index in [0.29, 0.717) is 12.0 Å². The molecule has 1 aliphatic heterocycles. The highest BCUT2D eigenvalue weighted by atomic mass is 127. The Balaban J connectivity index is 1.99. The molecule has 14 heavy (non-hydrogen) atoms. The van der Waals surface area contributed by atoms with Gasteiger partial charge >= 0.3 is 0 Å². The van der Waals surface area contributed by atoms with E-state index in [0.717, 1.165) is 29.5 Å². The molecular weight excluding hydrogens is 293 g/mol. The van der Waals surface area contributed by atoms with E-state index >= 15 is 0 Å². The van der Waals surface area contributed by atoms with Gasteiger partial charge in [-0.1, -0.05) is 0 Å².